The van der Waals surface area contributed by atoms with Crippen molar-refractivity contribution in [1.29, 1.82) is 0 Å². The number of pyridine rings is 1. The van der Waals surface area contributed by atoms with E-state index in [1.807, 2.05) is 11.0 Å². The van der Waals surface area contributed by atoms with E-state index in [0.29, 0.717) is 57.0 Å². The van der Waals surface area contributed by atoms with Crippen LogP contribution in [0.25, 0.3) is 10.9 Å². The molecule has 6 amide bonds. The molecule has 2 aliphatic heterocycles. The van der Waals surface area contributed by atoms with E-state index in [4.69, 9.17) is 9.47 Å². The van der Waals surface area contributed by atoms with Gasteiger partial charge >= 0.3 is 6.18 Å². The standard InChI is InChI=1S/C51H70F3N11O8/c1-31(2)63(3)36-12-14-42(65-21-15-40(50(65)71)61-47-37-26-34(51(52,53)54)9-13-39(37)58-30-59-47)41(27-36)62-48(69)32-7-10-35(11-8-32)60-44(67)17-23-73-24-19-56-43(66)16-22-72-25-20-57-49(70)38-28-45(68)64(4)46(38)33-6-5-18-55-29-33/h5-6,9,13,18,26,29-32,35-36,38,40-42,46H,7-8,10-12,14-17,19-25,27-28H2,1-4H3,(H,56,66)(H,57,70)(H,60,67)(H,62,69)(H,58,59,61)/t32?,35?,36-,38+,40+,41-,42+,46-/m1/s1. The Morgan fingerprint density at radius 1 is 0.863 bits per heavy atom. The number of alkyl halides is 3. The van der Waals surface area contributed by atoms with Gasteiger partial charge in [0.25, 0.3) is 0 Å². The molecule has 2 saturated heterocycles. The number of fused-ring (bicyclic) bond motifs is 1. The minimum absolute atomic E-state index is 0.0698. The van der Waals surface area contributed by atoms with Gasteiger partial charge in [0.15, 0.2) is 0 Å². The lowest BCUT2D eigenvalue weighted by Crippen LogP contribution is -2.59. The third-order valence-corrected chi connectivity index (χ3v) is 14.9. The van der Waals surface area contributed by atoms with Crippen molar-refractivity contribution < 1.29 is 51.4 Å². The second-order valence-electron chi connectivity index (χ2n) is 19.9. The van der Waals surface area contributed by atoms with Crippen LogP contribution < -0.4 is 26.6 Å². The van der Waals surface area contributed by atoms with Crippen molar-refractivity contribution in [1.82, 2.24) is 50.9 Å². The second-order valence-corrected chi connectivity index (χ2v) is 19.9. The minimum Gasteiger partial charge on any atom is -0.379 e. The van der Waals surface area contributed by atoms with Crippen molar-refractivity contribution in [3.63, 3.8) is 0 Å². The number of amides is 6. The molecule has 4 heterocycles. The molecule has 0 unspecified atom stereocenters. The predicted molar refractivity (Wildman–Crippen MR) is 263 cm³/mol. The first-order chi connectivity index (χ1) is 35.0. The number of halogens is 3. The summed E-state index contributed by atoms with van der Waals surface area (Å²) in [6, 6.07) is 5.59. The van der Waals surface area contributed by atoms with Crippen LogP contribution in [0.3, 0.4) is 0 Å². The molecule has 1 aromatic carbocycles. The maximum atomic E-state index is 14.1. The first kappa shape index (κ1) is 54.8. The average molecular weight is 1020 g/mol. The number of likely N-dealkylation sites (tertiary alicyclic amines) is 2. The number of nitrogens with one attached hydrogen (secondary N) is 5. The number of benzene rings is 1. The van der Waals surface area contributed by atoms with Gasteiger partial charge in [-0.3, -0.25) is 33.8 Å². The molecule has 2 aliphatic carbocycles. The Balaban J connectivity index is 0.771. The number of hydrogen-bond acceptors (Lipinski definition) is 13. The van der Waals surface area contributed by atoms with Gasteiger partial charge < -0.3 is 50.8 Å². The Bertz CT molecular complexity index is 2390. The summed E-state index contributed by atoms with van der Waals surface area (Å²) in [7, 11) is 3.75. The fourth-order valence-electron chi connectivity index (χ4n) is 10.6. The van der Waals surface area contributed by atoms with Gasteiger partial charge in [-0.25, -0.2) is 9.97 Å². The smallest absolute Gasteiger partial charge is 0.379 e. The summed E-state index contributed by atoms with van der Waals surface area (Å²) in [5, 5.41) is 15.3. The van der Waals surface area contributed by atoms with Crippen LogP contribution in [0.15, 0.2) is 49.1 Å². The lowest BCUT2D eigenvalue weighted by atomic mass is 9.82. The number of carbonyl (C=O) groups excluding carboxylic acids is 6. The van der Waals surface area contributed by atoms with E-state index in [0.717, 1.165) is 24.1 Å². The molecular weight excluding hydrogens is 952 g/mol. The molecule has 6 atom stereocenters. The molecule has 73 heavy (non-hydrogen) atoms. The summed E-state index contributed by atoms with van der Waals surface area (Å²) in [5.74, 6) is -1.63. The molecule has 0 spiro atoms. The fraction of sp³-hybridized carbons (Fsp3) is 0.627. The van der Waals surface area contributed by atoms with Gasteiger partial charge in [0, 0.05) is 87.8 Å². The Morgan fingerprint density at radius 3 is 2.29 bits per heavy atom. The van der Waals surface area contributed by atoms with Gasteiger partial charge in [-0.2, -0.15) is 13.2 Å². The molecule has 0 radical (unpaired) electrons. The van der Waals surface area contributed by atoms with Gasteiger partial charge in [0.1, 0.15) is 18.2 Å². The lowest BCUT2D eigenvalue weighted by Gasteiger charge is -2.45. The highest BCUT2D eigenvalue weighted by Gasteiger charge is 2.45. The van der Waals surface area contributed by atoms with E-state index in [-0.39, 0.29) is 142 Å². The molecule has 22 heteroatoms. The van der Waals surface area contributed by atoms with Crippen molar-refractivity contribution in [3.8, 4) is 0 Å². The van der Waals surface area contributed by atoms with E-state index in [2.05, 4.69) is 67.3 Å². The zero-order valence-corrected chi connectivity index (χ0v) is 42.1. The van der Waals surface area contributed by atoms with Crippen molar-refractivity contribution in [2.75, 3.05) is 65.5 Å². The van der Waals surface area contributed by atoms with Crippen molar-refractivity contribution >= 4 is 52.2 Å². The Kier molecular flexibility index (Phi) is 19.0. The molecule has 4 fully saturated rings. The molecule has 5 N–H and O–H groups in total. The van der Waals surface area contributed by atoms with Gasteiger partial charge in [-0.15, -0.1) is 0 Å². The molecule has 4 aliphatic rings. The number of aromatic nitrogens is 3. The highest BCUT2D eigenvalue weighted by atomic mass is 19.4. The minimum atomic E-state index is -4.56. The molecule has 2 saturated carbocycles. The molecular formula is C51H70F3N11O8. The number of nitrogens with zero attached hydrogens (tertiary/aromatic N) is 6. The SMILES string of the molecule is CC(C)N(C)[C@@H]1CC[C@H](N2CC[C@H](Nc3ncnc4ccc(C(F)(F)F)cc34)C2=O)[C@H](NC(=O)C2CCC(NC(=O)CCOCCNC(=O)CCOCCNC(=O)[C@H]3CC(=O)N(C)[C@@H]3c3cccnc3)CC2)C1. The van der Waals surface area contributed by atoms with Crippen LogP contribution >= 0.6 is 0 Å². The summed E-state index contributed by atoms with van der Waals surface area (Å²) in [5.41, 5.74) is 0.289. The van der Waals surface area contributed by atoms with Gasteiger partial charge in [0.05, 0.1) is 61.6 Å². The number of ether oxygens (including phenoxy) is 2. The largest absolute Gasteiger partial charge is 0.416 e. The first-order valence-corrected chi connectivity index (χ1v) is 25.5. The third-order valence-electron chi connectivity index (χ3n) is 14.9. The molecule has 398 valence electrons. The molecule has 19 nitrogen and oxygen atoms in total. The fourth-order valence-corrected chi connectivity index (χ4v) is 10.6. The van der Waals surface area contributed by atoms with Crippen molar-refractivity contribution in [2.45, 2.75) is 133 Å². The number of carbonyl (C=O) groups is 6. The Labute approximate surface area is 423 Å². The number of rotatable bonds is 22. The third kappa shape index (κ3) is 14.4. The quantitative estimate of drug-likeness (QED) is 0.0906. The summed E-state index contributed by atoms with van der Waals surface area (Å²) < 4.78 is 51.9. The summed E-state index contributed by atoms with van der Waals surface area (Å²) in [4.78, 5) is 96.5. The van der Waals surface area contributed by atoms with E-state index in [9.17, 15) is 41.9 Å². The Hall–Kier alpha value is -6.00. The average Bonchev–Trinajstić information content (AvgIpc) is 3.89. The van der Waals surface area contributed by atoms with Crippen LogP contribution in [0.1, 0.15) is 102 Å². The van der Waals surface area contributed by atoms with E-state index in [1.165, 1.54) is 12.4 Å². The topological polar surface area (TPSA) is 229 Å². The van der Waals surface area contributed by atoms with E-state index >= 15 is 0 Å². The summed E-state index contributed by atoms with van der Waals surface area (Å²) in [6.45, 7) is 5.92. The van der Waals surface area contributed by atoms with Gasteiger partial charge in [-0.05, 0) is 102 Å². The summed E-state index contributed by atoms with van der Waals surface area (Å²) in [6.07, 6.45) is 5.42. The molecule has 3 aromatic rings. The highest BCUT2D eigenvalue weighted by Crippen LogP contribution is 2.38. The predicted octanol–water partition coefficient (Wildman–Crippen LogP) is 3.74. The van der Waals surface area contributed by atoms with Crippen molar-refractivity contribution in [2.24, 2.45) is 11.8 Å². The molecule has 7 rings (SSSR count). The van der Waals surface area contributed by atoms with E-state index < -0.39 is 29.7 Å². The summed E-state index contributed by atoms with van der Waals surface area (Å²) >= 11 is 0. The van der Waals surface area contributed by atoms with Crippen LogP contribution in [-0.4, -0.2) is 162 Å². The lowest BCUT2D eigenvalue weighted by molar-refractivity contribution is -0.137. The van der Waals surface area contributed by atoms with Crippen molar-refractivity contribution in [3.05, 3.63) is 60.2 Å². The molecule has 2 aromatic heterocycles. The number of anilines is 1. The van der Waals surface area contributed by atoms with Crippen LogP contribution in [0.5, 0.6) is 0 Å². The van der Waals surface area contributed by atoms with Crippen LogP contribution in [-0.2, 0) is 44.4 Å². The van der Waals surface area contributed by atoms with Crippen LogP contribution in [0.4, 0.5) is 19.0 Å². The van der Waals surface area contributed by atoms with Crippen LogP contribution in [0.2, 0.25) is 0 Å². The molecule has 0 bridgehead atoms. The monoisotopic (exact) mass is 1020 g/mol. The second kappa shape index (κ2) is 25.3. The highest BCUT2D eigenvalue weighted by molar-refractivity contribution is 5.93. The zero-order chi connectivity index (χ0) is 52.2. The normalized spacial score (nSPS) is 24.6. The Morgan fingerprint density at radius 2 is 1.59 bits per heavy atom. The first-order valence-electron chi connectivity index (χ1n) is 25.5. The van der Waals surface area contributed by atoms with E-state index in [1.54, 1.807) is 30.4 Å². The number of hydrogen-bond donors (Lipinski definition) is 5. The van der Waals surface area contributed by atoms with Gasteiger partial charge in [0.2, 0.25) is 35.4 Å². The maximum Gasteiger partial charge on any atom is 0.416 e. The maximum absolute atomic E-state index is 14.1. The zero-order valence-electron chi connectivity index (χ0n) is 42.1. The van der Waals surface area contributed by atoms with Gasteiger partial charge in [-0.1, -0.05) is 6.07 Å². The van der Waals surface area contributed by atoms with Crippen LogP contribution in [0, 0.1) is 11.8 Å².